The number of carbonyl (C=O) groups is 1. The van der Waals surface area contributed by atoms with Crippen LogP contribution in [0.2, 0.25) is 0 Å². The van der Waals surface area contributed by atoms with E-state index in [2.05, 4.69) is 10.6 Å². The Bertz CT molecular complexity index is 507. The number of piperidine rings is 1. The minimum atomic E-state index is -0.851. The van der Waals surface area contributed by atoms with Crippen LogP contribution in [0.1, 0.15) is 18.4 Å². The first-order chi connectivity index (χ1) is 9.09. The number of nitrogens with one attached hydrogen (secondary N) is 2. The van der Waals surface area contributed by atoms with Gasteiger partial charge >= 0.3 is 5.69 Å². The molecule has 1 heterocycles. The summed E-state index contributed by atoms with van der Waals surface area (Å²) in [7, 11) is 0. The fourth-order valence-electron chi connectivity index (χ4n) is 2.04. The van der Waals surface area contributed by atoms with Crippen molar-refractivity contribution < 1.29 is 14.1 Å². The summed E-state index contributed by atoms with van der Waals surface area (Å²) in [4.78, 5) is 21.4. The lowest BCUT2D eigenvalue weighted by atomic mass is 10.1. The Kier molecular flexibility index (Phi) is 4.06. The third-order valence-corrected chi connectivity index (χ3v) is 3.08. The van der Waals surface area contributed by atoms with Gasteiger partial charge in [-0.2, -0.15) is 4.39 Å². The molecule has 1 unspecified atom stereocenters. The quantitative estimate of drug-likeness (QED) is 0.632. The number of nitrogens with zero attached hydrogens (tertiary/aromatic N) is 1. The number of hydrogen-bond donors (Lipinski definition) is 2. The predicted octanol–water partition coefficient (Wildman–Crippen LogP) is 1.10. The maximum atomic E-state index is 13.8. The monoisotopic (exact) mass is 267 g/mol. The van der Waals surface area contributed by atoms with Gasteiger partial charge in [-0.25, -0.2) is 0 Å². The Labute approximate surface area is 109 Å². The summed E-state index contributed by atoms with van der Waals surface area (Å²) in [5, 5.41) is 16.2. The van der Waals surface area contributed by atoms with Gasteiger partial charge in [0.25, 0.3) is 0 Å². The molecule has 1 saturated heterocycles. The van der Waals surface area contributed by atoms with Crippen LogP contribution < -0.4 is 10.6 Å². The molecule has 0 bridgehead atoms. The molecule has 1 fully saturated rings. The highest BCUT2D eigenvalue weighted by molar-refractivity contribution is 5.82. The van der Waals surface area contributed by atoms with E-state index in [0.717, 1.165) is 12.5 Å². The Morgan fingerprint density at radius 1 is 1.53 bits per heavy atom. The van der Waals surface area contributed by atoms with Gasteiger partial charge in [-0.15, -0.1) is 0 Å². The lowest BCUT2D eigenvalue weighted by Crippen LogP contribution is -2.48. The van der Waals surface area contributed by atoms with Gasteiger partial charge in [0, 0.05) is 24.7 Å². The van der Waals surface area contributed by atoms with Crippen LogP contribution in [0, 0.1) is 15.9 Å². The zero-order chi connectivity index (χ0) is 13.8. The fourth-order valence-corrected chi connectivity index (χ4v) is 2.04. The van der Waals surface area contributed by atoms with E-state index in [4.69, 9.17) is 0 Å². The van der Waals surface area contributed by atoms with Crippen LogP contribution in [0.25, 0.3) is 0 Å². The zero-order valence-corrected chi connectivity index (χ0v) is 10.2. The standard InChI is InChI=1S/C12H14FN3O3/c13-11-8(3-1-5-10(11)16(18)19)7-15-9-4-2-6-14-12(9)17/h1,3,5,9,15H,2,4,6-7H2,(H,14,17). The van der Waals surface area contributed by atoms with E-state index in [0.29, 0.717) is 13.0 Å². The molecule has 2 N–H and O–H groups in total. The van der Waals surface area contributed by atoms with E-state index in [1.807, 2.05) is 0 Å². The van der Waals surface area contributed by atoms with Crippen LogP contribution in [0.4, 0.5) is 10.1 Å². The van der Waals surface area contributed by atoms with Crippen LogP contribution >= 0.6 is 0 Å². The maximum absolute atomic E-state index is 13.8. The first-order valence-electron chi connectivity index (χ1n) is 6.02. The Morgan fingerprint density at radius 3 is 3.00 bits per heavy atom. The molecule has 6 nitrogen and oxygen atoms in total. The summed E-state index contributed by atoms with van der Waals surface area (Å²) in [5.41, 5.74) is -0.361. The van der Waals surface area contributed by atoms with E-state index < -0.39 is 16.4 Å². The van der Waals surface area contributed by atoms with Gasteiger partial charge < -0.3 is 10.6 Å². The average molecular weight is 267 g/mol. The van der Waals surface area contributed by atoms with Crippen LogP contribution in [0.5, 0.6) is 0 Å². The molecule has 2 rings (SSSR count). The van der Waals surface area contributed by atoms with Crippen molar-refractivity contribution in [3.8, 4) is 0 Å². The Hall–Kier alpha value is -2.02. The number of benzene rings is 1. The molecule has 0 spiro atoms. The van der Waals surface area contributed by atoms with E-state index in [9.17, 15) is 19.3 Å². The maximum Gasteiger partial charge on any atom is 0.305 e. The molecule has 1 aliphatic heterocycles. The molecule has 1 aromatic carbocycles. The topological polar surface area (TPSA) is 84.3 Å². The molecule has 0 saturated carbocycles. The van der Waals surface area contributed by atoms with Crippen LogP contribution in [-0.2, 0) is 11.3 Å². The zero-order valence-electron chi connectivity index (χ0n) is 10.2. The SMILES string of the molecule is O=C1NCCCC1NCc1cccc([N+](=O)[O-])c1F. The molecular formula is C12H14FN3O3. The highest BCUT2D eigenvalue weighted by Gasteiger charge is 2.23. The van der Waals surface area contributed by atoms with Crippen molar-refractivity contribution in [1.29, 1.82) is 0 Å². The highest BCUT2D eigenvalue weighted by Crippen LogP contribution is 2.20. The van der Waals surface area contributed by atoms with Crippen molar-refractivity contribution >= 4 is 11.6 Å². The molecule has 1 aliphatic rings. The van der Waals surface area contributed by atoms with Crippen molar-refractivity contribution in [1.82, 2.24) is 10.6 Å². The number of carbonyl (C=O) groups excluding carboxylic acids is 1. The van der Waals surface area contributed by atoms with Crippen molar-refractivity contribution in [3.63, 3.8) is 0 Å². The number of rotatable bonds is 4. The largest absolute Gasteiger partial charge is 0.355 e. The number of amides is 1. The molecule has 102 valence electrons. The molecule has 1 aromatic rings. The van der Waals surface area contributed by atoms with Gasteiger partial charge in [0.1, 0.15) is 0 Å². The van der Waals surface area contributed by atoms with Crippen molar-refractivity contribution in [3.05, 3.63) is 39.7 Å². The molecule has 19 heavy (non-hydrogen) atoms. The number of halogens is 1. The molecular weight excluding hydrogens is 253 g/mol. The van der Waals surface area contributed by atoms with Gasteiger partial charge in [0.2, 0.25) is 11.7 Å². The van der Waals surface area contributed by atoms with Gasteiger partial charge in [-0.05, 0) is 12.8 Å². The Morgan fingerprint density at radius 2 is 2.32 bits per heavy atom. The van der Waals surface area contributed by atoms with E-state index in [1.165, 1.54) is 12.1 Å². The van der Waals surface area contributed by atoms with Crippen LogP contribution in [0.3, 0.4) is 0 Å². The van der Waals surface area contributed by atoms with Gasteiger partial charge in [0.15, 0.2) is 0 Å². The number of nitro benzene ring substituents is 1. The lowest BCUT2D eigenvalue weighted by molar-refractivity contribution is -0.387. The summed E-state index contributed by atoms with van der Waals surface area (Å²) in [6.45, 7) is 0.744. The summed E-state index contributed by atoms with van der Waals surface area (Å²) in [6.07, 6.45) is 1.54. The van der Waals surface area contributed by atoms with E-state index in [1.54, 1.807) is 0 Å². The van der Waals surface area contributed by atoms with Crippen molar-refractivity contribution in [2.75, 3.05) is 6.54 Å². The third-order valence-electron chi connectivity index (χ3n) is 3.08. The summed E-state index contributed by atoms with van der Waals surface area (Å²) in [6, 6.07) is 3.65. The predicted molar refractivity (Wildman–Crippen MR) is 65.9 cm³/mol. The lowest BCUT2D eigenvalue weighted by Gasteiger charge is -2.22. The first kappa shape index (κ1) is 13.4. The minimum Gasteiger partial charge on any atom is -0.355 e. The average Bonchev–Trinajstić information content (AvgIpc) is 2.39. The molecule has 0 aliphatic carbocycles. The fraction of sp³-hybridized carbons (Fsp3) is 0.417. The third kappa shape index (κ3) is 3.05. The smallest absolute Gasteiger partial charge is 0.305 e. The molecule has 0 aromatic heterocycles. The van der Waals surface area contributed by atoms with E-state index >= 15 is 0 Å². The van der Waals surface area contributed by atoms with Crippen molar-refractivity contribution in [2.24, 2.45) is 0 Å². The molecule has 7 heteroatoms. The summed E-state index contributed by atoms with van der Waals surface area (Å²) < 4.78 is 13.8. The van der Waals surface area contributed by atoms with Crippen molar-refractivity contribution in [2.45, 2.75) is 25.4 Å². The normalized spacial score (nSPS) is 19.0. The van der Waals surface area contributed by atoms with Crippen LogP contribution in [-0.4, -0.2) is 23.4 Å². The highest BCUT2D eigenvalue weighted by atomic mass is 19.1. The van der Waals surface area contributed by atoms with Crippen LogP contribution in [0.15, 0.2) is 18.2 Å². The number of hydrogen-bond acceptors (Lipinski definition) is 4. The van der Waals surface area contributed by atoms with Gasteiger partial charge in [-0.1, -0.05) is 12.1 Å². The number of nitro groups is 1. The second-order valence-electron chi connectivity index (χ2n) is 4.37. The molecule has 1 amide bonds. The first-order valence-corrected chi connectivity index (χ1v) is 6.02. The minimum absolute atomic E-state index is 0.0889. The molecule has 1 atom stereocenters. The summed E-state index contributed by atoms with van der Waals surface area (Å²) >= 11 is 0. The van der Waals surface area contributed by atoms with Gasteiger partial charge in [0.05, 0.1) is 11.0 Å². The Balaban J connectivity index is 2.05. The second kappa shape index (κ2) is 5.75. The molecule has 0 radical (unpaired) electrons. The van der Waals surface area contributed by atoms with E-state index in [-0.39, 0.29) is 24.1 Å². The summed E-state index contributed by atoms with van der Waals surface area (Å²) in [5.74, 6) is -0.965. The second-order valence-corrected chi connectivity index (χ2v) is 4.37. The van der Waals surface area contributed by atoms with Gasteiger partial charge in [-0.3, -0.25) is 14.9 Å².